The van der Waals surface area contributed by atoms with Crippen molar-refractivity contribution < 1.29 is 4.79 Å². The zero-order valence-electron chi connectivity index (χ0n) is 12.0. The van der Waals surface area contributed by atoms with Crippen LogP contribution in [-0.4, -0.2) is 46.7 Å². The summed E-state index contributed by atoms with van der Waals surface area (Å²) in [5.41, 5.74) is 1.31. The molecule has 0 bridgehead atoms. The van der Waals surface area contributed by atoms with Gasteiger partial charge < -0.3 is 5.32 Å². The van der Waals surface area contributed by atoms with E-state index in [1.807, 2.05) is 12.4 Å². The summed E-state index contributed by atoms with van der Waals surface area (Å²) in [5, 5.41) is 10.1. The molecule has 2 N–H and O–H groups in total. The quantitative estimate of drug-likeness (QED) is 0.879. The fourth-order valence-electron chi connectivity index (χ4n) is 3.46. The average molecular weight is 276 g/mol. The fourth-order valence-corrected chi connectivity index (χ4v) is 3.46. The zero-order valence-corrected chi connectivity index (χ0v) is 12.0. The first-order chi connectivity index (χ1) is 9.81. The van der Waals surface area contributed by atoms with Crippen molar-refractivity contribution >= 4 is 5.91 Å². The Morgan fingerprint density at radius 2 is 2.05 bits per heavy atom. The molecular weight excluding hydrogens is 252 g/mol. The number of piperidine rings is 1. The van der Waals surface area contributed by atoms with Gasteiger partial charge in [0.25, 0.3) is 0 Å². The molecule has 5 heteroatoms. The second-order valence-electron chi connectivity index (χ2n) is 6.13. The molecule has 20 heavy (non-hydrogen) atoms. The monoisotopic (exact) mass is 276 g/mol. The minimum absolute atomic E-state index is 0.207. The molecular formula is C15H24N4O. The number of rotatable bonds is 4. The molecule has 0 aromatic carbocycles. The maximum absolute atomic E-state index is 12.0. The smallest absolute Gasteiger partial charge is 0.234 e. The topological polar surface area (TPSA) is 61.0 Å². The molecule has 110 valence electrons. The Balaban J connectivity index is 1.40. The summed E-state index contributed by atoms with van der Waals surface area (Å²) in [5.74, 6) is 0.807. The van der Waals surface area contributed by atoms with Gasteiger partial charge in [0.15, 0.2) is 0 Å². The third-order valence-corrected chi connectivity index (χ3v) is 4.67. The van der Waals surface area contributed by atoms with E-state index in [-0.39, 0.29) is 5.91 Å². The van der Waals surface area contributed by atoms with Gasteiger partial charge in [-0.25, -0.2) is 0 Å². The van der Waals surface area contributed by atoms with Gasteiger partial charge in [0.2, 0.25) is 5.91 Å². The van der Waals surface area contributed by atoms with Crippen LogP contribution in [0, 0.1) is 0 Å². The van der Waals surface area contributed by atoms with E-state index in [4.69, 9.17) is 0 Å². The molecule has 1 aromatic rings. The van der Waals surface area contributed by atoms with Crippen molar-refractivity contribution in [3.05, 3.63) is 18.0 Å². The van der Waals surface area contributed by atoms with Gasteiger partial charge in [-0.15, -0.1) is 0 Å². The molecule has 1 amide bonds. The Kier molecular flexibility index (Phi) is 4.35. The van der Waals surface area contributed by atoms with E-state index in [9.17, 15) is 4.79 Å². The number of nitrogens with zero attached hydrogens (tertiary/aromatic N) is 2. The van der Waals surface area contributed by atoms with E-state index in [1.54, 1.807) is 0 Å². The highest BCUT2D eigenvalue weighted by atomic mass is 16.2. The van der Waals surface area contributed by atoms with Crippen molar-refractivity contribution in [2.75, 3.05) is 19.6 Å². The number of hydrogen-bond acceptors (Lipinski definition) is 3. The number of carbonyl (C=O) groups is 1. The van der Waals surface area contributed by atoms with Crippen LogP contribution in [0.15, 0.2) is 12.4 Å². The van der Waals surface area contributed by atoms with Crippen LogP contribution in [0.25, 0.3) is 0 Å². The predicted octanol–water partition coefficient (Wildman–Crippen LogP) is 1.65. The summed E-state index contributed by atoms with van der Waals surface area (Å²) in [6, 6.07) is 0.436. The Morgan fingerprint density at radius 3 is 2.70 bits per heavy atom. The number of amides is 1. The Hall–Kier alpha value is -1.36. The lowest BCUT2D eigenvalue weighted by Gasteiger charge is -2.31. The molecule has 0 spiro atoms. The largest absolute Gasteiger partial charge is 0.352 e. The maximum atomic E-state index is 12.0. The Bertz CT molecular complexity index is 417. The Labute approximate surface area is 120 Å². The van der Waals surface area contributed by atoms with Crippen molar-refractivity contribution in [3.63, 3.8) is 0 Å². The highest BCUT2D eigenvalue weighted by Crippen LogP contribution is 2.26. The summed E-state index contributed by atoms with van der Waals surface area (Å²) < 4.78 is 0. The number of carbonyl (C=O) groups excluding carboxylic acids is 1. The average Bonchev–Trinajstić information content (AvgIpc) is 3.12. The van der Waals surface area contributed by atoms with E-state index in [0.717, 1.165) is 38.8 Å². The molecule has 5 nitrogen and oxygen atoms in total. The molecule has 1 aromatic heterocycles. The number of likely N-dealkylation sites (tertiary alicyclic amines) is 1. The molecule has 2 heterocycles. The highest BCUT2D eigenvalue weighted by Gasteiger charge is 2.23. The second-order valence-corrected chi connectivity index (χ2v) is 6.13. The number of aromatic amines is 1. The lowest BCUT2D eigenvalue weighted by atomic mass is 9.91. The second kappa shape index (κ2) is 6.39. The van der Waals surface area contributed by atoms with Crippen LogP contribution in [0.5, 0.6) is 0 Å². The van der Waals surface area contributed by atoms with Crippen LogP contribution in [0.4, 0.5) is 0 Å². The number of aromatic nitrogens is 2. The van der Waals surface area contributed by atoms with E-state index in [0.29, 0.717) is 18.5 Å². The first-order valence-electron chi connectivity index (χ1n) is 7.81. The summed E-state index contributed by atoms with van der Waals surface area (Å²) in [6.45, 7) is 2.58. The van der Waals surface area contributed by atoms with Crippen molar-refractivity contribution in [3.8, 4) is 0 Å². The number of nitrogens with one attached hydrogen (secondary N) is 2. The van der Waals surface area contributed by atoms with Gasteiger partial charge in [-0.1, -0.05) is 12.8 Å². The Morgan fingerprint density at radius 1 is 1.30 bits per heavy atom. The molecule has 0 radical (unpaired) electrons. The van der Waals surface area contributed by atoms with Gasteiger partial charge >= 0.3 is 0 Å². The zero-order chi connectivity index (χ0) is 13.8. The van der Waals surface area contributed by atoms with Crippen molar-refractivity contribution in [2.24, 2.45) is 0 Å². The number of hydrogen-bond donors (Lipinski definition) is 2. The first kappa shape index (κ1) is 13.6. The van der Waals surface area contributed by atoms with E-state index in [2.05, 4.69) is 20.4 Å². The molecule has 1 saturated carbocycles. The maximum Gasteiger partial charge on any atom is 0.234 e. The number of H-pyrrole nitrogens is 1. The van der Waals surface area contributed by atoms with Crippen LogP contribution in [0.3, 0.4) is 0 Å². The molecule has 2 aliphatic rings. The van der Waals surface area contributed by atoms with Crippen LogP contribution >= 0.6 is 0 Å². The van der Waals surface area contributed by atoms with Crippen LogP contribution < -0.4 is 5.32 Å². The summed E-state index contributed by atoms with van der Waals surface area (Å²) in [6.07, 6.45) is 11.0. The SMILES string of the molecule is O=C(CN1CCC(c2cn[nH]c2)CC1)NC1CCCC1. The molecule has 1 aliphatic heterocycles. The lowest BCUT2D eigenvalue weighted by molar-refractivity contribution is -0.123. The van der Waals surface area contributed by atoms with E-state index in [1.165, 1.54) is 18.4 Å². The standard InChI is InChI=1S/C15H24N4O/c20-15(18-14-3-1-2-4-14)11-19-7-5-12(6-8-19)13-9-16-17-10-13/h9-10,12,14H,1-8,11H2,(H,16,17)(H,18,20). The highest BCUT2D eigenvalue weighted by molar-refractivity contribution is 5.78. The van der Waals surface area contributed by atoms with Gasteiger partial charge in [-0.2, -0.15) is 5.10 Å². The van der Waals surface area contributed by atoms with Crippen LogP contribution in [-0.2, 0) is 4.79 Å². The molecule has 0 atom stereocenters. The lowest BCUT2D eigenvalue weighted by Crippen LogP contribution is -2.43. The summed E-state index contributed by atoms with van der Waals surface area (Å²) >= 11 is 0. The minimum Gasteiger partial charge on any atom is -0.352 e. The third-order valence-electron chi connectivity index (χ3n) is 4.67. The summed E-state index contributed by atoms with van der Waals surface area (Å²) in [7, 11) is 0. The molecule has 3 rings (SSSR count). The molecule has 1 saturated heterocycles. The summed E-state index contributed by atoms with van der Waals surface area (Å²) in [4.78, 5) is 14.3. The normalized spacial score (nSPS) is 22.2. The van der Waals surface area contributed by atoms with Gasteiger partial charge in [0.1, 0.15) is 0 Å². The van der Waals surface area contributed by atoms with Crippen LogP contribution in [0.1, 0.15) is 50.0 Å². The van der Waals surface area contributed by atoms with Crippen molar-refractivity contribution in [2.45, 2.75) is 50.5 Å². The van der Waals surface area contributed by atoms with Gasteiger partial charge in [0, 0.05) is 12.2 Å². The van der Waals surface area contributed by atoms with Gasteiger partial charge in [-0.05, 0) is 50.3 Å². The minimum atomic E-state index is 0.207. The third kappa shape index (κ3) is 3.39. The molecule has 1 aliphatic carbocycles. The van der Waals surface area contributed by atoms with Crippen molar-refractivity contribution in [1.82, 2.24) is 20.4 Å². The van der Waals surface area contributed by atoms with Crippen LogP contribution in [0.2, 0.25) is 0 Å². The fraction of sp³-hybridized carbons (Fsp3) is 0.733. The van der Waals surface area contributed by atoms with Crippen molar-refractivity contribution in [1.29, 1.82) is 0 Å². The van der Waals surface area contributed by atoms with Gasteiger partial charge in [0.05, 0.1) is 12.7 Å². The first-order valence-corrected chi connectivity index (χ1v) is 7.81. The van der Waals surface area contributed by atoms with E-state index >= 15 is 0 Å². The predicted molar refractivity (Wildman–Crippen MR) is 77.4 cm³/mol. The van der Waals surface area contributed by atoms with Gasteiger partial charge in [-0.3, -0.25) is 14.8 Å². The van der Waals surface area contributed by atoms with E-state index < -0.39 is 0 Å². The molecule has 2 fully saturated rings. The molecule has 0 unspecified atom stereocenters.